The molecule has 0 aromatic rings. The highest BCUT2D eigenvalue weighted by Crippen LogP contribution is 2.11. The molecule has 0 spiro atoms. The predicted octanol–water partition coefficient (Wildman–Crippen LogP) is 1.51. The van der Waals surface area contributed by atoms with Crippen LogP contribution >= 0.6 is 0 Å². The molecule has 0 aromatic heterocycles. The van der Waals surface area contributed by atoms with Gasteiger partial charge < -0.3 is 9.64 Å². The van der Waals surface area contributed by atoms with E-state index in [4.69, 9.17) is 4.74 Å². The molecule has 1 unspecified atom stereocenters. The summed E-state index contributed by atoms with van der Waals surface area (Å²) in [6.45, 7) is 17.3. The quantitative estimate of drug-likeness (QED) is 0.735. The van der Waals surface area contributed by atoms with Gasteiger partial charge in [-0.2, -0.15) is 0 Å². The van der Waals surface area contributed by atoms with Crippen molar-refractivity contribution in [2.45, 2.75) is 45.7 Å². The Morgan fingerprint density at radius 2 is 1.50 bits per heavy atom. The van der Waals surface area contributed by atoms with Crippen molar-refractivity contribution in [3.63, 3.8) is 0 Å². The van der Waals surface area contributed by atoms with Crippen LogP contribution in [0.3, 0.4) is 0 Å². The minimum atomic E-state index is 0.707. The molecule has 0 N–H and O–H groups in total. The highest BCUT2D eigenvalue weighted by molar-refractivity contribution is 4.75. The van der Waals surface area contributed by atoms with Crippen LogP contribution in [0, 0.1) is 0 Å². The number of rotatable bonds is 6. The number of ether oxygens (including phenoxy) is 1. The Balaban J connectivity index is 1.57. The minimum Gasteiger partial charge on any atom is -0.379 e. The lowest BCUT2D eigenvalue weighted by Gasteiger charge is -2.37. The van der Waals surface area contributed by atoms with Gasteiger partial charge in [0.1, 0.15) is 0 Å². The molecule has 2 fully saturated rings. The first-order valence-corrected chi connectivity index (χ1v) is 8.45. The Hall–Kier alpha value is -0.160. The Bertz CT molecular complexity index is 258. The average molecular weight is 283 g/mol. The molecule has 0 aromatic carbocycles. The molecular formula is C16H33N3O. The maximum absolute atomic E-state index is 5.42. The van der Waals surface area contributed by atoms with Crippen LogP contribution in [-0.4, -0.2) is 85.8 Å². The van der Waals surface area contributed by atoms with Gasteiger partial charge >= 0.3 is 0 Å². The number of morpholine rings is 1. The van der Waals surface area contributed by atoms with Gasteiger partial charge in [-0.1, -0.05) is 0 Å². The Morgan fingerprint density at radius 1 is 0.850 bits per heavy atom. The van der Waals surface area contributed by atoms with Crippen LogP contribution in [0.25, 0.3) is 0 Å². The van der Waals surface area contributed by atoms with E-state index < -0.39 is 0 Å². The van der Waals surface area contributed by atoms with Gasteiger partial charge in [0.15, 0.2) is 0 Å². The van der Waals surface area contributed by atoms with Crippen molar-refractivity contribution >= 4 is 0 Å². The van der Waals surface area contributed by atoms with Gasteiger partial charge in [-0.15, -0.1) is 0 Å². The zero-order valence-electron chi connectivity index (χ0n) is 13.7. The number of hydrogen-bond donors (Lipinski definition) is 0. The molecule has 2 aliphatic heterocycles. The zero-order chi connectivity index (χ0) is 14.4. The molecular weight excluding hydrogens is 250 g/mol. The normalized spacial score (nSPS) is 25.2. The summed E-state index contributed by atoms with van der Waals surface area (Å²) in [5.74, 6) is 0. The lowest BCUT2D eigenvalue weighted by molar-refractivity contribution is 0.0173. The van der Waals surface area contributed by atoms with Crippen molar-refractivity contribution in [3.05, 3.63) is 0 Å². The number of nitrogens with zero attached hydrogens (tertiary/aromatic N) is 3. The van der Waals surface area contributed by atoms with E-state index in [1.165, 1.54) is 45.6 Å². The summed E-state index contributed by atoms with van der Waals surface area (Å²) in [7, 11) is 0. The Labute approximate surface area is 125 Å². The van der Waals surface area contributed by atoms with Crippen LogP contribution in [0.5, 0.6) is 0 Å². The van der Waals surface area contributed by atoms with Gasteiger partial charge in [0.25, 0.3) is 0 Å². The summed E-state index contributed by atoms with van der Waals surface area (Å²) in [5, 5.41) is 0. The molecule has 2 aliphatic rings. The van der Waals surface area contributed by atoms with Crippen molar-refractivity contribution in [3.8, 4) is 0 Å². The molecule has 2 saturated heterocycles. The van der Waals surface area contributed by atoms with Gasteiger partial charge in [-0.05, 0) is 40.2 Å². The predicted molar refractivity (Wildman–Crippen MR) is 84.2 cm³/mol. The smallest absolute Gasteiger partial charge is 0.0594 e. The minimum absolute atomic E-state index is 0.707. The molecule has 118 valence electrons. The van der Waals surface area contributed by atoms with E-state index in [0.29, 0.717) is 6.04 Å². The number of hydrogen-bond acceptors (Lipinski definition) is 4. The van der Waals surface area contributed by atoms with E-state index in [1.54, 1.807) is 0 Å². The molecule has 0 amide bonds. The molecule has 4 nitrogen and oxygen atoms in total. The first-order chi connectivity index (χ1) is 9.66. The van der Waals surface area contributed by atoms with Crippen LogP contribution in [0.1, 0.15) is 33.6 Å². The van der Waals surface area contributed by atoms with Crippen LogP contribution in [0.2, 0.25) is 0 Å². The van der Waals surface area contributed by atoms with Crippen molar-refractivity contribution in [1.82, 2.24) is 14.7 Å². The third-order valence-electron chi connectivity index (χ3n) is 4.90. The molecule has 0 radical (unpaired) electrons. The third kappa shape index (κ3) is 4.99. The second-order valence-electron chi connectivity index (χ2n) is 6.61. The molecule has 4 heteroatoms. The SMILES string of the molecule is CC(C)N1CCN(CCCC(C)N2CCOCC2)CC1. The van der Waals surface area contributed by atoms with E-state index in [9.17, 15) is 0 Å². The molecule has 0 bridgehead atoms. The van der Waals surface area contributed by atoms with Crippen LogP contribution in [0.4, 0.5) is 0 Å². The molecule has 0 saturated carbocycles. The molecule has 20 heavy (non-hydrogen) atoms. The number of piperazine rings is 1. The van der Waals surface area contributed by atoms with Crippen molar-refractivity contribution in [2.75, 3.05) is 59.0 Å². The van der Waals surface area contributed by atoms with Gasteiger partial charge in [-0.3, -0.25) is 9.80 Å². The maximum Gasteiger partial charge on any atom is 0.0594 e. The average Bonchev–Trinajstić information content (AvgIpc) is 2.48. The first kappa shape index (κ1) is 16.2. The fraction of sp³-hybridized carbons (Fsp3) is 1.00. The van der Waals surface area contributed by atoms with Gasteiger partial charge in [0.05, 0.1) is 13.2 Å². The molecule has 2 rings (SSSR count). The Kier molecular flexibility index (Phi) is 6.75. The van der Waals surface area contributed by atoms with Crippen molar-refractivity contribution in [2.24, 2.45) is 0 Å². The second-order valence-corrected chi connectivity index (χ2v) is 6.61. The van der Waals surface area contributed by atoms with Gasteiger partial charge in [0.2, 0.25) is 0 Å². The largest absolute Gasteiger partial charge is 0.379 e. The monoisotopic (exact) mass is 283 g/mol. The first-order valence-electron chi connectivity index (χ1n) is 8.45. The van der Waals surface area contributed by atoms with Crippen molar-refractivity contribution in [1.29, 1.82) is 0 Å². The van der Waals surface area contributed by atoms with Crippen LogP contribution < -0.4 is 0 Å². The summed E-state index contributed by atoms with van der Waals surface area (Å²) in [6.07, 6.45) is 2.66. The van der Waals surface area contributed by atoms with E-state index in [1.807, 2.05) is 0 Å². The fourth-order valence-electron chi connectivity index (χ4n) is 3.31. The molecule has 2 heterocycles. The maximum atomic E-state index is 5.42. The van der Waals surface area contributed by atoms with Crippen LogP contribution in [0.15, 0.2) is 0 Å². The summed E-state index contributed by atoms with van der Waals surface area (Å²) in [5.41, 5.74) is 0. The van der Waals surface area contributed by atoms with E-state index >= 15 is 0 Å². The lowest BCUT2D eigenvalue weighted by Crippen LogP contribution is -2.49. The highest BCUT2D eigenvalue weighted by Gasteiger charge is 2.20. The fourth-order valence-corrected chi connectivity index (χ4v) is 3.31. The van der Waals surface area contributed by atoms with Crippen molar-refractivity contribution < 1.29 is 4.74 Å². The molecule has 0 aliphatic carbocycles. The Morgan fingerprint density at radius 3 is 2.10 bits per heavy atom. The lowest BCUT2D eigenvalue weighted by atomic mass is 10.1. The molecule has 1 atom stereocenters. The third-order valence-corrected chi connectivity index (χ3v) is 4.90. The summed E-state index contributed by atoms with van der Waals surface area (Å²) in [4.78, 5) is 7.82. The topological polar surface area (TPSA) is 19.0 Å². The van der Waals surface area contributed by atoms with E-state index in [-0.39, 0.29) is 0 Å². The van der Waals surface area contributed by atoms with E-state index in [2.05, 4.69) is 35.5 Å². The summed E-state index contributed by atoms with van der Waals surface area (Å²) >= 11 is 0. The van der Waals surface area contributed by atoms with E-state index in [0.717, 1.165) is 32.3 Å². The summed E-state index contributed by atoms with van der Waals surface area (Å²) < 4.78 is 5.42. The summed E-state index contributed by atoms with van der Waals surface area (Å²) in [6, 6.07) is 1.43. The zero-order valence-corrected chi connectivity index (χ0v) is 13.7. The standard InChI is InChI=1S/C16H33N3O/c1-15(2)18-9-7-17(8-10-18)6-4-5-16(3)19-11-13-20-14-12-19/h15-16H,4-14H2,1-3H3. The second kappa shape index (κ2) is 8.32. The van der Waals surface area contributed by atoms with Gasteiger partial charge in [-0.25, -0.2) is 0 Å². The highest BCUT2D eigenvalue weighted by atomic mass is 16.5. The van der Waals surface area contributed by atoms with Gasteiger partial charge in [0, 0.05) is 51.4 Å². The van der Waals surface area contributed by atoms with Crippen LogP contribution in [-0.2, 0) is 4.74 Å².